The number of primary amides is 1. The maximum absolute atomic E-state index is 11.7. The predicted molar refractivity (Wildman–Crippen MR) is 103 cm³/mol. The molecule has 0 unspecified atom stereocenters. The summed E-state index contributed by atoms with van der Waals surface area (Å²) in [6.45, 7) is 3.43. The number of nitrogens with two attached hydrogens (primary N) is 1. The van der Waals surface area contributed by atoms with Crippen molar-refractivity contribution in [2.45, 2.75) is 26.3 Å². The van der Waals surface area contributed by atoms with Crippen LogP contribution in [0.25, 0.3) is 11.0 Å². The SMILES string of the molecule is C.NC(=O)c1cnc2[nH]ccc2c1N[C@@H]1CN2CCC1CC2.O=C(O)C(=O)O. The summed E-state index contributed by atoms with van der Waals surface area (Å²) in [5, 5.41) is 19.3. The van der Waals surface area contributed by atoms with Crippen LogP contribution in [0, 0.1) is 5.92 Å². The van der Waals surface area contributed by atoms with Gasteiger partial charge in [0.05, 0.1) is 11.3 Å². The Kier molecular flexibility index (Phi) is 6.57. The molecule has 2 aromatic rings. The highest BCUT2D eigenvalue weighted by atomic mass is 16.4. The third kappa shape index (κ3) is 4.39. The van der Waals surface area contributed by atoms with Gasteiger partial charge in [0.1, 0.15) is 5.65 Å². The number of aliphatic carboxylic acids is 2. The number of aromatic amines is 1. The highest BCUT2D eigenvalue weighted by Crippen LogP contribution is 2.33. The lowest BCUT2D eigenvalue weighted by Crippen LogP contribution is -2.53. The van der Waals surface area contributed by atoms with E-state index in [4.69, 9.17) is 25.5 Å². The molecule has 28 heavy (non-hydrogen) atoms. The summed E-state index contributed by atoms with van der Waals surface area (Å²) >= 11 is 0. The molecule has 3 aliphatic rings. The summed E-state index contributed by atoms with van der Waals surface area (Å²) in [5.74, 6) is -3.41. The van der Waals surface area contributed by atoms with Crippen molar-refractivity contribution in [2.75, 3.05) is 25.0 Å². The number of hydrogen-bond donors (Lipinski definition) is 5. The largest absolute Gasteiger partial charge is 0.473 e. The fourth-order valence-corrected chi connectivity index (χ4v) is 3.66. The molecule has 1 atom stereocenters. The smallest absolute Gasteiger partial charge is 0.414 e. The number of hydrogen-bond acceptors (Lipinski definition) is 6. The normalized spacial score (nSPS) is 22.5. The summed E-state index contributed by atoms with van der Waals surface area (Å²) in [6.07, 6.45) is 5.85. The highest BCUT2D eigenvalue weighted by Gasteiger charge is 2.34. The molecule has 3 fully saturated rings. The second kappa shape index (κ2) is 8.70. The Morgan fingerprint density at radius 3 is 2.36 bits per heavy atom. The van der Waals surface area contributed by atoms with Crippen molar-refractivity contribution >= 4 is 34.6 Å². The van der Waals surface area contributed by atoms with E-state index in [-0.39, 0.29) is 7.43 Å². The van der Waals surface area contributed by atoms with E-state index < -0.39 is 17.8 Å². The van der Waals surface area contributed by atoms with Gasteiger partial charge < -0.3 is 31.1 Å². The zero-order valence-electron chi connectivity index (χ0n) is 14.5. The Bertz CT molecular complexity index is 860. The van der Waals surface area contributed by atoms with Gasteiger partial charge in [-0.05, 0) is 37.9 Å². The molecule has 2 bridgehead atoms. The van der Waals surface area contributed by atoms with Gasteiger partial charge in [-0.2, -0.15) is 0 Å². The van der Waals surface area contributed by atoms with Crippen LogP contribution in [-0.2, 0) is 9.59 Å². The van der Waals surface area contributed by atoms with Crippen molar-refractivity contribution in [1.29, 1.82) is 0 Å². The molecule has 0 spiro atoms. The third-order valence-electron chi connectivity index (χ3n) is 5.02. The molecule has 0 saturated carbocycles. The highest BCUT2D eigenvalue weighted by molar-refractivity contribution is 6.27. The predicted octanol–water partition coefficient (Wildman–Crippen LogP) is 0.960. The molecular formula is C18H25N5O5. The van der Waals surface area contributed by atoms with E-state index in [0.29, 0.717) is 17.5 Å². The van der Waals surface area contributed by atoms with Gasteiger partial charge in [0.25, 0.3) is 5.91 Å². The Balaban J connectivity index is 0.000000353. The summed E-state index contributed by atoms with van der Waals surface area (Å²) in [7, 11) is 0. The maximum Gasteiger partial charge on any atom is 0.414 e. The number of fused-ring (bicyclic) bond motifs is 4. The molecule has 0 aliphatic carbocycles. The minimum Gasteiger partial charge on any atom is -0.473 e. The standard InChI is InChI=1S/C15H19N5O.C2H2O4.CH4/c16-14(21)11-7-18-15-10(1-4-17-15)13(11)19-12-8-20-5-2-9(12)3-6-20;3-1(4)2(5)6;/h1,4,7,9,12H,2-3,5-6,8H2,(H2,16,21)(H2,17,18,19);(H,3,4)(H,5,6);1H4/t12-;;/m1../s1. The molecule has 2 aromatic heterocycles. The topological polar surface area (TPSA) is 162 Å². The second-order valence-electron chi connectivity index (χ2n) is 6.65. The van der Waals surface area contributed by atoms with Crippen LogP contribution in [0.1, 0.15) is 30.6 Å². The van der Waals surface area contributed by atoms with Gasteiger partial charge in [0.2, 0.25) is 0 Å². The number of pyridine rings is 1. The quantitative estimate of drug-likeness (QED) is 0.483. The van der Waals surface area contributed by atoms with Gasteiger partial charge >= 0.3 is 11.9 Å². The van der Waals surface area contributed by atoms with Crippen LogP contribution in [0.15, 0.2) is 18.5 Å². The van der Waals surface area contributed by atoms with Crippen molar-refractivity contribution < 1.29 is 24.6 Å². The van der Waals surface area contributed by atoms with Crippen LogP contribution in [0.5, 0.6) is 0 Å². The van der Waals surface area contributed by atoms with Gasteiger partial charge in [-0.1, -0.05) is 7.43 Å². The van der Waals surface area contributed by atoms with Crippen LogP contribution >= 0.6 is 0 Å². The first kappa shape index (κ1) is 21.2. The molecule has 3 aliphatic heterocycles. The van der Waals surface area contributed by atoms with Gasteiger partial charge in [0.15, 0.2) is 0 Å². The molecule has 0 radical (unpaired) electrons. The van der Waals surface area contributed by atoms with Crippen molar-refractivity contribution in [3.8, 4) is 0 Å². The number of carbonyl (C=O) groups is 3. The third-order valence-corrected chi connectivity index (χ3v) is 5.02. The lowest BCUT2D eigenvalue weighted by Gasteiger charge is -2.45. The number of piperidine rings is 3. The fraction of sp³-hybridized carbons (Fsp3) is 0.444. The maximum atomic E-state index is 11.7. The molecule has 3 saturated heterocycles. The first-order valence-electron chi connectivity index (χ1n) is 8.57. The molecule has 152 valence electrons. The molecule has 1 amide bonds. The summed E-state index contributed by atoms with van der Waals surface area (Å²) in [6, 6.07) is 2.32. The monoisotopic (exact) mass is 391 g/mol. The van der Waals surface area contributed by atoms with Crippen molar-refractivity contribution in [3.63, 3.8) is 0 Å². The van der Waals surface area contributed by atoms with Gasteiger partial charge in [-0.25, -0.2) is 14.6 Å². The Morgan fingerprint density at radius 2 is 1.86 bits per heavy atom. The first-order chi connectivity index (χ1) is 12.9. The lowest BCUT2D eigenvalue weighted by molar-refractivity contribution is -0.159. The van der Waals surface area contributed by atoms with Crippen molar-refractivity contribution in [1.82, 2.24) is 14.9 Å². The van der Waals surface area contributed by atoms with Crippen LogP contribution in [0.3, 0.4) is 0 Å². The molecule has 0 aromatic carbocycles. The number of carbonyl (C=O) groups excluding carboxylic acids is 1. The number of nitrogens with zero attached hydrogens (tertiary/aromatic N) is 2. The van der Waals surface area contributed by atoms with Crippen LogP contribution in [-0.4, -0.2) is 68.6 Å². The molecule has 6 N–H and O–H groups in total. The number of amides is 1. The minimum atomic E-state index is -1.82. The lowest BCUT2D eigenvalue weighted by atomic mass is 9.84. The van der Waals surface area contributed by atoms with E-state index in [1.165, 1.54) is 25.9 Å². The molecule has 10 heteroatoms. The number of carboxylic acids is 2. The van der Waals surface area contributed by atoms with Crippen LogP contribution in [0.2, 0.25) is 0 Å². The van der Waals surface area contributed by atoms with E-state index >= 15 is 0 Å². The van der Waals surface area contributed by atoms with E-state index in [0.717, 1.165) is 23.3 Å². The van der Waals surface area contributed by atoms with Crippen LogP contribution < -0.4 is 11.1 Å². The average Bonchev–Trinajstić information content (AvgIpc) is 3.12. The van der Waals surface area contributed by atoms with E-state index in [1.54, 1.807) is 6.20 Å². The number of H-pyrrole nitrogens is 1. The molecule has 5 heterocycles. The van der Waals surface area contributed by atoms with Gasteiger partial charge in [-0.15, -0.1) is 0 Å². The number of nitrogens with one attached hydrogen (secondary N) is 2. The molecular weight excluding hydrogens is 366 g/mol. The Labute approximate surface area is 161 Å². The fourth-order valence-electron chi connectivity index (χ4n) is 3.66. The average molecular weight is 391 g/mol. The number of aromatic nitrogens is 2. The van der Waals surface area contributed by atoms with Crippen molar-refractivity contribution in [3.05, 3.63) is 24.0 Å². The molecule has 10 nitrogen and oxygen atoms in total. The Morgan fingerprint density at radius 1 is 1.21 bits per heavy atom. The number of anilines is 1. The van der Waals surface area contributed by atoms with E-state index in [2.05, 4.69) is 20.2 Å². The number of rotatable bonds is 3. The van der Waals surface area contributed by atoms with E-state index in [9.17, 15) is 4.79 Å². The van der Waals surface area contributed by atoms with Gasteiger partial charge in [-0.3, -0.25) is 4.79 Å². The zero-order chi connectivity index (χ0) is 19.6. The Hall–Kier alpha value is -3.14. The van der Waals surface area contributed by atoms with E-state index in [1.807, 2.05) is 12.3 Å². The summed E-state index contributed by atoms with van der Waals surface area (Å²) in [5.41, 5.74) is 7.59. The molecule has 5 rings (SSSR count). The second-order valence-corrected chi connectivity index (χ2v) is 6.65. The van der Waals surface area contributed by atoms with Gasteiger partial charge in [0, 0.05) is 30.4 Å². The zero-order valence-corrected chi connectivity index (χ0v) is 14.5. The number of carboxylic acid groups (broad SMARTS) is 2. The minimum absolute atomic E-state index is 0. The van der Waals surface area contributed by atoms with Crippen LogP contribution in [0.4, 0.5) is 5.69 Å². The summed E-state index contributed by atoms with van der Waals surface area (Å²) in [4.78, 5) is 39.7. The summed E-state index contributed by atoms with van der Waals surface area (Å²) < 4.78 is 0. The van der Waals surface area contributed by atoms with Crippen molar-refractivity contribution in [2.24, 2.45) is 11.7 Å². The first-order valence-corrected chi connectivity index (χ1v) is 8.57.